The van der Waals surface area contributed by atoms with Gasteiger partial charge in [-0.05, 0) is 30.0 Å². The number of aromatic hydroxyl groups is 1. The van der Waals surface area contributed by atoms with Crippen molar-refractivity contribution in [3.63, 3.8) is 0 Å². The summed E-state index contributed by atoms with van der Waals surface area (Å²) < 4.78 is 0. The SMILES string of the molecule is Cc1cccc(C=Nc2cccc3ccccc23)c1O.[Cl][V][Cl]. The van der Waals surface area contributed by atoms with Gasteiger partial charge in [0, 0.05) is 17.2 Å². The van der Waals surface area contributed by atoms with Gasteiger partial charge in [0.15, 0.2) is 0 Å². The predicted molar refractivity (Wildman–Crippen MR) is 95.8 cm³/mol. The van der Waals surface area contributed by atoms with Crippen LogP contribution in [0.4, 0.5) is 5.69 Å². The minimum absolute atomic E-state index is 0.288. The zero-order chi connectivity index (χ0) is 16.7. The molecule has 5 heteroatoms. The first-order chi connectivity index (χ1) is 11.2. The van der Waals surface area contributed by atoms with Crippen molar-refractivity contribution >= 4 is 42.4 Å². The van der Waals surface area contributed by atoms with Crippen molar-refractivity contribution in [1.82, 2.24) is 0 Å². The molecule has 0 aliphatic carbocycles. The zero-order valence-corrected chi connectivity index (χ0v) is 15.4. The molecule has 0 aliphatic rings. The van der Waals surface area contributed by atoms with Crippen LogP contribution in [-0.4, -0.2) is 11.3 Å². The number of phenols is 1. The van der Waals surface area contributed by atoms with E-state index in [9.17, 15) is 5.11 Å². The number of aryl methyl sites for hydroxylation is 1. The number of nitrogens with zero attached hydrogens (tertiary/aromatic N) is 1. The van der Waals surface area contributed by atoms with Gasteiger partial charge in [0.25, 0.3) is 0 Å². The monoisotopic (exact) mass is 382 g/mol. The molecular formula is C18H15Cl2NOV. The van der Waals surface area contributed by atoms with Crippen molar-refractivity contribution in [2.75, 3.05) is 0 Å². The number of hydrogen-bond donors (Lipinski definition) is 1. The molecule has 0 fully saturated rings. The van der Waals surface area contributed by atoms with Crippen molar-refractivity contribution in [3.8, 4) is 5.75 Å². The predicted octanol–water partition coefficient (Wildman–Crippen LogP) is 5.98. The van der Waals surface area contributed by atoms with Crippen LogP contribution >= 0.6 is 19.7 Å². The Bertz CT molecular complexity index is 816. The maximum atomic E-state index is 10.00. The van der Waals surface area contributed by atoms with Gasteiger partial charge in [0.2, 0.25) is 0 Å². The number of halogens is 2. The molecule has 3 aromatic rings. The van der Waals surface area contributed by atoms with Crippen LogP contribution < -0.4 is 0 Å². The Morgan fingerprint density at radius 2 is 1.61 bits per heavy atom. The van der Waals surface area contributed by atoms with Gasteiger partial charge in [-0.1, -0.05) is 48.5 Å². The molecule has 0 amide bonds. The summed E-state index contributed by atoms with van der Waals surface area (Å²) in [5, 5.41) is 12.3. The molecule has 0 spiro atoms. The van der Waals surface area contributed by atoms with E-state index in [4.69, 9.17) is 19.7 Å². The average molecular weight is 383 g/mol. The fourth-order valence-electron chi connectivity index (χ4n) is 2.25. The standard InChI is InChI=1S/C18H15NO.2ClH.V/c1-13-6-4-9-15(18(13)20)12-19-17-11-5-8-14-7-2-3-10-16(14)17;;;/h2-12,20H,1H3;2*1H;/q;;;+2/p-2. The third-order valence-corrected chi connectivity index (χ3v) is 3.38. The molecule has 3 aromatic carbocycles. The molecule has 0 aliphatic heterocycles. The van der Waals surface area contributed by atoms with E-state index in [2.05, 4.69) is 23.2 Å². The fraction of sp³-hybridized carbons (Fsp3) is 0.0556. The second-order valence-corrected chi connectivity index (χ2v) is 7.14. The molecule has 2 nitrogen and oxygen atoms in total. The Morgan fingerprint density at radius 1 is 0.957 bits per heavy atom. The molecular weight excluding hydrogens is 368 g/mol. The van der Waals surface area contributed by atoms with Gasteiger partial charge >= 0.3 is 34.1 Å². The third-order valence-electron chi connectivity index (χ3n) is 3.38. The van der Waals surface area contributed by atoms with E-state index in [-0.39, 0.29) is 20.1 Å². The Morgan fingerprint density at radius 3 is 2.39 bits per heavy atom. The first-order valence-corrected chi connectivity index (χ1v) is 10.7. The summed E-state index contributed by atoms with van der Waals surface area (Å²) in [5.74, 6) is 0.288. The summed E-state index contributed by atoms with van der Waals surface area (Å²) in [4.78, 5) is 4.52. The van der Waals surface area contributed by atoms with E-state index in [1.165, 1.54) is 0 Å². The Balaban J connectivity index is 0.000000595. The molecule has 1 N–H and O–H groups in total. The van der Waals surface area contributed by atoms with Crippen molar-refractivity contribution in [1.29, 1.82) is 0 Å². The number of hydrogen-bond acceptors (Lipinski definition) is 2. The van der Waals surface area contributed by atoms with Crippen molar-refractivity contribution < 1.29 is 19.5 Å². The van der Waals surface area contributed by atoms with Crippen molar-refractivity contribution in [2.24, 2.45) is 4.99 Å². The summed E-state index contributed by atoms with van der Waals surface area (Å²) in [6.07, 6.45) is 1.71. The van der Waals surface area contributed by atoms with Crippen LogP contribution in [0.1, 0.15) is 11.1 Å². The van der Waals surface area contributed by atoms with Crippen LogP contribution in [-0.2, 0) is 14.4 Å². The van der Waals surface area contributed by atoms with E-state index in [0.717, 1.165) is 27.6 Å². The molecule has 0 heterocycles. The Labute approximate surface area is 151 Å². The first kappa shape index (κ1) is 17.9. The van der Waals surface area contributed by atoms with Gasteiger partial charge in [-0.2, -0.15) is 0 Å². The van der Waals surface area contributed by atoms with E-state index < -0.39 is 0 Å². The number of fused-ring (bicyclic) bond motifs is 1. The molecule has 0 bridgehead atoms. The summed E-state index contributed by atoms with van der Waals surface area (Å²) in [6.45, 7) is 1.88. The van der Waals surface area contributed by atoms with E-state index in [1.807, 2.05) is 49.4 Å². The second-order valence-electron chi connectivity index (χ2n) is 4.83. The van der Waals surface area contributed by atoms with Gasteiger partial charge in [0.05, 0.1) is 5.69 Å². The molecule has 0 atom stereocenters. The molecule has 0 aromatic heterocycles. The second kappa shape index (κ2) is 9.00. The summed E-state index contributed by atoms with van der Waals surface area (Å²) in [6, 6.07) is 19.8. The van der Waals surface area contributed by atoms with Crippen LogP contribution in [0.25, 0.3) is 10.8 Å². The van der Waals surface area contributed by atoms with Crippen LogP contribution in [0.15, 0.2) is 65.7 Å². The molecule has 117 valence electrons. The van der Waals surface area contributed by atoms with Crippen molar-refractivity contribution in [2.45, 2.75) is 6.92 Å². The van der Waals surface area contributed by atoms with Gasteiger partial charge in [-0.3, -0.25) is 4.99 Å². The number of phenolic OH excluding ortho intramolecular Hbond substituents is 1. The van der Waals surface area contributed by atoms with Crippen LogP contribution in [0.2, 0.25) is 0 Å². The van der Waals surface area contributed by atoms with E-state index in [0.29, 0.717) is 0 Å². The van der Waals surface area contributed by atoms with Gasteiger partial charge in [-0.25, -0.2) is 0 Å². The van der Waals surface area contributed by atoms with Gasteiger partial charge < -0.3 is 5.11 Å². The van der Waals surface area contributed by atoms with E-state index in [1.54, 1.807) is 6.21 Å². The number of rotatable bonds is 2. The van der Waals surface area contributed by atoms with Crippen molar-refractivity contribution in [3.05, 3.63) is 71.8 Å². The van der Waals surface area contributed by atoms with Gasteiger partial charge in [0.1, 0.15) is 5.75 Å². The zero-order valence-electron chi connectivity index (χ0n) is 12.4. The maximum absolute atomic E-state index is 10.00. The minimum atomic E-state index is -0.368. The summed E-state index contributed by atoms with van der Waals surface area (Å²) >= 11 is -0.368. The molecule has 0 saturated heterocycles. The number of aliphatic imine (C=N–C) groups is 1. The van der Waals surface area contributed by atoms with Crippen LogP contribution in [0.3, 0.4) is 0 Å². The topological polar surface area (TPSA) is 32.6 Å². The number of para-hydroxylation sites is 1. The Hall–Kier alpha value is -1.45. The molecule has 0 unspecified atom stereocenters. The fourth-order valence-corrected chi connectivity index (χ4v) is 2.25. The van der Waals surface area contributed by atoms with Crippen LogP contribution in [0, 0.1) is 6.92 Å². The Kier molecular flexibility index (Phi) is 7.00. The summed E-state index contributed by atoms with van der Waals surface area (Å²) in [5.41, 5.74) is 2.49. The number of benzene rings is 3. The third kappa shape index (κ3) is 4.76. The molecule has 0 saturated carbocycles. The van der Waals surface area contributed by atoms with Crippen LogP contribution in [0.5, 0.6) is 5.75 Å². The molecule has 3 rings (SSSR count). The van der Waals surface area contributed by atoms with E-state index >= 15 is 0 Å². The first-order valence-electron chi connectivity index (χ1n) is 6.90. The molecule has 23 heavy (non-hydrogen) atoms. The van der Waals surface area contributed by atoms with Gasteiger partial charge in [-0.15, -0.1) is 0 Å². The molecule has 0 radical (unpaired) electrons. The summed E-state index contributed by atoms with van der Waals surface area (Å²) in [7, 11) is 9.72. The quantitative estimate of drug-likeness (QED) is 0.543. The normalized spacial score (nSPS) is 10.4. The average Bonchev–Trinajstić information content (AvgIpc) is 2.57.